The van der Waals surface area contributed by atoms with Crippen LogP contribution >= 0.6 is 23.1 Å². The molecule has 1 aromatic rings. The van der Waals surface area contributed by atoms with Gasteiger partial charge in [0.1, 0.15) is 0 Å². The van der Waals surface area contributed by atoms with Crippen LogP contribution < -0.4 is 10.2 Å². The first-order valence-electron chi connectivity index (χ1n) is 4.34. The van der Waals surface area contributed by atoms with Crippen molar-refractivity contribution in [1.82, 2.24) is 10.3 Å². The lowest BCUT2D eigenvalue weighted by Gasteiger charge is -1.99. The van der Waals surface area contributed by atoms with E-state index < -0.39 is 0 Å². The maximum absolute atomic E-state index is 10.8. The summed E-state index contributed by atoms with van der Waals surface area (Å²) in [4.78, 5) is 17.9. The fourth-order valence-electron chi connectivity index (χ4n) is 1.14. The van der Waals surface area contributed by atoms with E-state index >= 15 is 0 Å². The van der Waals surface area contributed by atoms with Crippen LogP contribution in [0.15, 0.2) is 15.2 Å². The van der Waals surface area contributed by atoms with Gasteiger partial charge in [0.15, 0.2) is 5.17 Å². The third-order valence-electron chi connectivity index (χ3n) is 1.80. The molecule has 1 unspecified atom stereocenters. The van der Waals surface area contributed by atoms with Crippen molar-refractivity contribution in [1.29, 1.82) is 0 Å². The quantitative estimate of drug-likeness (QED) is 0.796. The smallest absolute Gasteiger partial charge is 0.304 e. The van der Waals surface area contributed by atoms with E-state index in [4.69, 9.17) is 0 Å². The van der Waals surface area contributed by atoms with E-state index in [0.717, 1.165) is 16.6 Å². The van der Waals surface area contributed by atoms with Gasteiger partial charge in [-0.3, -0.25) is 9.79 Å². The third kappa shape index (κ3) is 2.39. The summed E-state index contributed by atoms with van der Waals surface area (Å²) in [6.45, 7) is 2.68. The third-order valence-corrected chi connectivity index (χ3v) is 3.71. The van der Waals surface area contributed by atoms with Gasteiger partial charge in [0, 0.05) is 17.2 Å². The van der Waals surface area contributed by atoms with Gasteiger partial charge in [-0.15, -0.1) is 0 Å². The zero-order valence-corrected chi connectivity index (χ0v) is 9.37. The first-order chi connectivity index (χ1) is 6.74. The molecule has 1 atom stereocenters. The molecule has 1 aromatic heterocycles. The number of thiazole rings is 1. The molecule has 76 valence electrons. The van der Waals surface area contributed by atoms with Crippen LogP contribution in [0.2, 0.25) is 0 Å². The Morgan fingerprint density at radius 3 is 3.14 bits per heavy atom. The van der Waals surface area contributed by atoms with Crippen molar-refractivity contribution in [2.24, 2.45) is 4.99 Å². The van der Waals surface area contributed by atoms with Crippen LogP contribution in [0.25, 0.3) is 0 Å². The van der Waals surface area contributed by atoms with Crippen LogP contribution in [0.3, 0.4) is 0 Å². The molecule has 0 amide bonds. The van der Waals surface area contributed by atoms with Gasteiger partial charge in [-0.05, 0) is 6.92 Å². The lowest BCUT2D eigenvalue weighted by atomic mass is 10.4. The van der Waals surface area contributed by atoms with Crippen LogP contribution in [-0.2, 0) is 6.54 Å². The first-order valence-corrected chi connectivity index (χ1v) is 6.21. The second kappa shape index (κ2) is 4.18. The lowest BCUT2D eigenvalue weighted by Crippen LogP contribution is -2.23. The fraction of sp³-hybridized carbons (Fsp3) is 0.500. The molecule has 1 saturated heterocycles. The molecule has 0 radical (unpaired) electrons. The molecule has 4 nitrogen and oxygen atoms in total. The Morgan fingerprint density at radius 1 is 1.71 bits per heavy atom. The Labute approximate surface area is 89.8 Å². The van der Waals surface area contributed by atoms with Gasteiger partial charge >= 0.3 is 4.87 Å². The van der Waals surface area contributed by atoms with Crippen molar-refractivity contribution in [3.63, 3.8) is 0 Å². The topological polar surface area (TPSA) is 57.2 Å². The van der Waals surface area contributed by atoms with E-state index in [1.165, 1.54) is 11.3 Å². The number of rotatable bonds is 2. The van der Waals surface area contributed by atoms with Gasteiger partial charge in [0.2, 0.25) is 0 Å². The van der Waals surface area contributed by atoms with Gasteiger partial charge in [0.05, 0.1) is 12.2 Å². The number of thioether (sulfide) groups is 1. The van der Waals surface area contributed by atoms with Crippen molar-refractivity contribution < 1.29 is 0 Å². The maximum atomic E-state index is 10.8. The Morgan fingerprint density at radius 2 is 2.57 bits per heavy atom. The zero-order chi connectivity index (χ0) is 9.97. The molecule has 6 heteroatoms. The summed E-state index contributed by atoms with van der Waals surface area (Å²) in [6, 6.07) is 0.500. The summed E-state index contributed by atoms with van der Waals surface area (Å²) in [5, 5.41) is 6.05. The average Bonchev–Trinajstić information content (AvgIpc) is 2.72. The van der Waals surface area contributed by atoms with Crippen LogP contribution in [0.4, 0.5) is 0 Å². The molecule has 14 heavy (non-hydrogen) atoms. The van der Waals surface area contributed by atoms with Crippen LogP contribution in [0.1, 0.15) is 12.6 Å². The predicted molar refractivity (Wildman–Crippen MR) is 61.1 cm³/mol. The summed E-state index contributed by atoms with van der Waals surface area (Å²) in [7, 11) is 0. The molecule has 1 fully saturated rings. The van der Waals surface area contributed by atoms with Crippen molar-refractivity contribution in [2.75, 3.05) is 5.75 Å². The molecule has 2 rings (SSSR count). The minimum absolute atomic E-state index is 0.0133. The molecule has 2 heterocycles. The second-order valence-corrected chi connectivity index (χ2v) is 5.00. The number of aromatic nitrogens is 1. The SMILES string of the molecule is CC1CSC(=NCc2csc(=O)[nH]2)N1. The first kappa shape index (κ1) is 9.79. The lowest BCUT2D eigenvalue weighted by molar-refractivity contribution is 0.764. The van der Waals surface area contributed by atoms with Crippen LogP contribution in [0, 0.1) is 0 Å². The van der Waals surface area contributed by atoms with E-state index in [2.05, 4.69) is 22.2 Å². The van der Waals surface area contributed by atoms with E-state index in [9.17, 15) is 4.79 Å². The molecule has 0 bridgehead atoms. The van der Waals surface area contributed by atoms with Gasteiger partial charge in [-0.1, -0.05) is 23.1 Å². The fourth-order valence-corrected chi connectivity index (χ4v) is 2.64. The number of H-pyrrole nitrogens is 1. The standard InChI is InChI=1S/C8H11N3OS2/c1-5-3-13-7(10-5)9-2-6-4-14-8(12)11-6/h4-5H,2-3H2,1H3,(H,9,10)(H,11,12). The minimum Gasteiger partial charge on any atom is -0.362 e. The Kier molecular flexibility index (Phi) is 2.93. The van der Waals surface area contributed by atoms with Crippen LogP contribution in [-0.4, -0.2) is 21.9 Å². The summed E-state index contributed by atoms with van der Waals surface area (Å²) < 4.78 is 0. The number of nitrogens with zero attached hydrogens (tertiary/aromatic N) is 1. The Balaban J connectivity index is 1.96. The molecular formula is C8H11N3OS2. The van der Waals surface area contributed by atoms with Crippen molar-refractivity contribution in [3.05, 3.63) is 20.7 Å². The normalized spacial score (nSPS) is 24.1. The molecular weight excluding hydrogens is 218 g/mol. The molecule has 1 aliphatic heterocycles. The number of hydrogen-bond acceptors (Lipinski definition) is 4. The highest BCUT2D eigenvalue weighted by Gasteiger charge is 2.14. The number of hydrogen-bond donors (Lipinski definition) is 2. The molecule has 0 spiro atoms. The summed E-state index contributed by atoms with van der Waals surface area (Å²) in [6.07, 6.45) is 0. The van der Waals surface area contributed by atoms with E-state index in [0.29, 0.717) is 12.6 Å². The highest BCUT2D eigenvalue weighted by molar-refractivity contribution is 8.14. The molecule has 1 aliphatic rings. The van der Waals surface area contributed by atoms with Crippen molar-refractivity contribution >= 4 is 28.3 Å². The average molecular weight is 229 g/mol. The van der Waals surface area contributed by atoms with Gasteiger partial charge in [-0.2, -0.15) is 0 Å². The van der Waals surface area contributed by atoms with Gasteiger partial charge in [0.25, 0.3) is 0 Å². The largest absolute Gasteiger partial charge is 0.362 e. The number of aliphatic imine (C=N–C) groups is 1. The summed E-state index contributed by atoms with van der Waals surface area (Å²) in [5.41, 5.74) is 0.884. The Bertz CT molecular complexity index is 395. The Hall–Kier alpha value is -0.750. The van der Waals surface area contributed by atoms with Gasteiger partial charge < -0.3 is 10.3 Å². The molecule has 0 aliphatic carbocycles. The van der Waals surface area contributed by atoms with Crippen molar-refractivity contribution in [3.8, 4) is 0 Å². The van der Waals surface area contributed by atoms with E-state index in [-0.39, 0.29) is 4.87 Å². The summed E-state index contributed by atoms with van der Waals surface area (Å²) in [5.74, 6) is 1.07. The number of aromatic amines is 1. The molecule has 0 aromatic carbocycles. The summed E-state index contributed by atoms with van der Waals surface area (Å²) >= 11 is 2.91. The van der Waals surface area contributed by atoms with E-state index in [1.807, 2.05) is 5.38 Å². The molecule has 2 N–H and O–H groups in total. The monoisotopic (exact) mass is 229 g/mol. The van der Waals surface area contributed by atoms with E-state index in [1.54, 1.807) is 11.8 Å². The number of nitrogens with one attached hydrogen (secondary N) is 2. The van der Waals surface area contributed by atoms with Crippen LogP contribution in [0.5, 0.6) is 0 Å². The maximum Gasteiger partial charge on any atom is 0.304 e. The predicted octanol–water partition coefficient (Wildman–Crippen LogP) is 1.02. The minimum atomic E-state index is -0.0133. The highest BCUT2D eigenvalue weighted by Crippen LogP contribution is 2.13. The van der Waals surface area contributed by atoms with Gasteiger partial charge in [-0.25, -0.2) is 0 Å². The number of amidine groups is 1. The zero-order valence-electron chi connectivity index (χ0n) is 7.74. The molecule has 0 saturated carbocycles. The second-order valence-electron chi connectivity index (χ2n) is 3.15. The van der Waals surface area contributed by atoms with Crippen molar-refractivity contribution in [2.45, 2.75) is 19.5 Å². The highest BCUT2D eigenvalue weighted by atomic mass is 32.2.